The lowest BCUT2D eigenvalue weighted by Gasteiger charge is -2.13. The molecule has 1 unspecified atom stereocenters. The maximum Gasteiger partial charge on any atom is 0.312 e. The van der Waals surface area contributed by atoms with Crippen molar-refractivity contribution in [3.05, 3.63) is 46.5 Å². The van der Waals surface area contributed by atoms with Crippen LogP contribution in [0.1, 0.15) is 33.8 Å². The van der Waals surface area contributed by atoms with E-state index in [-0.39, 0.29) is 12.5 Å². The van der Waals surface area contributed by atoms with Crippen molar-refractivity contribution >= 4 is 23.4 Å². The third-order valence-corrected chi connectivity index (χ3v) is 3.83. The van der Waals surface area contributed by atoms with Gasteiger partial charge in [-0.05, 0) is 23.5 Å². The number of aryl methyl sites for hydroxylation is 1. The van der Waals surface area contributed by atoms with Crippen LogP contribution in [0.15, 0.2) is 30.3 Å². The summed E-state index contributed by atoms with van der Waals surface area (Å²) in [6, 6.07) is 8.83. The molecule has 110 valence electrons. The first-order chi connectivity index (χ1) is 10.1. The fourth-order valence-electron chi connectivity index (χ4n) is 1.92. The van der Waals surface area contributed by atoms with Crippen molar-refractivity contribution in [1.29, 1.82) is 0 Å². The minimum absolute atomic E-state index is 0.0270. The fraction of sp³-hybridized carbons (Fsp3) is 0.286. The molecule has 2 aromatic rings. The van der Waals surface area contributed by atoms with Gasteiger partial charge in [0.05, 0.1) is 11.6 Å². The summed E-state index contributed by atoms with van der Waals surface area (Å²) in [5, 5.41) is 15.8. The summed E-state index contributed by atoms with van der Waals surface area (Å²) in [6.45, 7) is 1.91. The molecule has 2 N–H and O–H groups in total. The summed E-state index contributed by atoms with van der Waals surface area (Å²) in [7, 11) is 0. The Kier molecular flexibility index (Phi) is 4.99. The molecular weight excluding hydrogens is 290 g/mol. The van der Waals surface area contributed by atoms with Gasteiger partial charge >= 0.3 is 5.97 Å². The van der Waals surface area contributed by atoms with E-state index >= 15 is 0 Å². The zero-order chi connectivity index (χ0) is 15.2. The van der Waals surface area contributed by atoms with Crippen LogP contribution in [-0.4, -0.2) is 33.1 Å². The molecule has 0 spiro atoms. The molecule has 0 aliphatic carbocycles. The number of carboxylic acids is 1. The molecule has 1 heterocycles. The summed E-state index contributed by atoms with van der Waals surface area (Å²) >= 11 is 1.02. The lowest BCUT2D eigenvalue weighted by atomic mass is 9.99. The molecule has 21 heavy (non-hydrogen) atoms. The SMILES string of the molecule is CCc1nnsc1C(=O)NCC(C(=O)O)c1ccccc1. The van der Waals surface area contributed by atoms with Crippen molar-refractivity contribution in [3.8, 4) is 0 Å². The quantitative estimate of drug-likeness (QED) is 0.847. The first-order valence-electron chi connectivity index (χ1n) is 6.50. The molecule has 0 fully saturated rings. The number of rotatable bonds is 6. The molecule has 2 rings (SSSR count). The Morgan fingerprint density at radius 3 is 2.67 bits per heavy atom. The summed E-state index contributed by atoms with van der Waals surface area (Å²) in [5.74, 6) is -2.08. The predicted octanol–water partition coefficient (Wildman–Crippen LogP) is 1.70. The van der Waals surface area contributed by atoms with Gasteiger partial charge < -0.3 is 10.4 Å². The topological polar surface area (TPSA) is 92.2 Å². The van der Waals surface area contributed by atoms with Gasteiger partial charge in [-0.3, -0.25) is 9.59 Å². The summed E-state index contributed by atoms with van der Waals surface area (Å²) in [6.07, 6.45) is 0.611. The minimum Gasteiger partial charge on any atom is -0.481 e. The van der Waals surface area contributed by atoms with Gasteiger partial charge in [0, 0.05) is 6.54 Å². The fourth-order valence-corrected chi connectivity index (χ4v) is 2.59. The molecule has 1 atom stereocenters. The number of hydrogen-bond donors (Lipinski definition) is 2. The number of carbonyl (C=O) groups excluding carboxylic acids is 1. The number of benzene rings is 1. The molecule has 1 aromatic carbocycles. The van der Waals surface area contributed by atoms with Crippen LogP contribution < -0.4 is 5.32 Å². The van der Waals surface area contributed by atoms with Crippen LogP contribution >= 0.6 is 11.5 Å². The Morgan fingerprint density at radius 2 is 2.05 bits per heavy atom. The highest BCUT2D eigenvalue weighted by atomic mass is 32.1. The lowest BCUT2D eigenvalue weighted by molar-refractivity contribution is -0.138. The number of aromatic nitrogens is 2. The van der Waals surface area contributed by atoms with Gasteiger partial charge in [-0.25, -0.2) is 0 Å². The number of carboxylic acid groups (broad SMARTS) is 1. The third-order valence-electron chi connectivity index (χ3n) is 3.06. The van der Waals surface area contributed by atoms with E-state index in [1.165, 1.54) is 0 Å². The number of nitrogens with one attached hydrogen (secondary N) is 1. The third kappa shape index (κ3) is 3.63. The van der Waals surface area contributed by atoms with Gasteiger partial charge in [-0.2, -0.15) is 0 Å². The number of carbonyl (C=O) groups is 2. The zero-order valence-electron chi connectivity index (χ0n) is 11.4. The monoisotopic (exact) mass is 305 g/mol. The molecule has 0 aliphatic heterocycles. The van der Waals surface area contributed by atoms with E-state index in [0.29, 0.717) is 22.6 Å². The van der Waals surface area contributed by atoms with Gasteiger partial charge in [0.1, 0.15) is 4.88 Å². The minimum atomic E-state index is -0.973. The molecular formula is C14H15N3O3S. The molecule has 6 nitrogen and oxygen atoms in total. The van der Waals surface area contributed by atoms with Crippen molar-refractivity contribution in [2.75, 3.05) is 6.54 Å². The van der Waals surface area contributed by atoms with Crippen LogP contribution in [0, 0.1) is 0 Å². The van der Waals surface area contributed by atoms with Crippen molar-refractivity contribution in [2.24, 2.45) is 0 Å². The Labute approximate surface area is 126 Å². The molecule has 7 heteroatoms. The van der Waals surface area contributed by atoms with Gasteiger partial charge in [-0.1, -0.05) is 41.7 Å². The Hall–Kier alpha value is -2.28. The van der Waals surface area contributed by atoms with Crippen molar-refractivity contribution < 1.29 is 14.7 Å². The predicted molar refractivity (Wildman–Crippen MR) is 78.4 cm³/mol. The van der Waals surface area contributed by atoms with Gasteiger partial charge in [0.25, 0.3) is 5.91 Å². The Balaban J connectivity index is 2.06. The molecule has 1 amide bonds. The average molecular weight is 305 g/mol. The zero-order valence-corrected chi connectivity index (χ0v) is 12.3. The van der Waals surface area contributed by atoms with E-state index < -0.39 is 11.9 Å². The van der Waals surface area contributed by atoms with Crippen molar-refractivity contribution in [3.63, 3.8) is 0 Å². The molecule has 1 aromatic heterocycles. The van der Waals surface area contributed by atoms with E-state index in [9.17, 15) is 14.7 Å². The van der Waals surface area contributed by atoms with Crippen molar-refractivity contribution in [1.82, 2.24) is 14.9 Å². The second-order valence-electron chi connectivity index (χ2n) is 4.41. The largest absolute Gasteiger partial charge is 0.481 e. The first-order valence-corrected chi connectivity index (χ1v) is 7.28. The van der Waals surface area contributed by atoms with Crippen LogP contribution in [0.5, 0.6) is 0 Å². The maximum atomic E-state index is 12.1. The van der Waals surface area contributed by atoms with E-state index in [1.807, 2.05) is 13.0 Å². The highest BCUT2D eigenvalue weighted by Crippen LogP contribution is 2.16. The van der Waals surface area contributed by atoms with Gasteiger partial charge in [-0.15, -0.1) is 5.10 Å². The van der Waals surface area contributed by atoms with Crippen LogP contribution in [0.2, 0.25) is 0 Å². The smallest absolute Gasteiger partial charge is 0.312 e. The first kappa shape index (κ1) is 15.1. The summed E-state index contributed by atoms with van der Waals surface area (Å²) in [4.78, 5) is 23.9. The molecule has 0 saturated carbocycles. The van der Waals surface area contributed by atoms with Gasteiger partial charge in [0.15, 0.2) is 0 Å². The second-order valence-corrected chi connectivity index (χ2v) is 5.17. The number of amides is 1. The van der Waals surface area contributed by atoms with E-state index in [2.05, 4.69) is 14.9 Å². The van der Waals surface area contributed by atoms with Crippen LogP contribution in [0.4, 0.5) is 0 Å². The lowest BCUT2D eigenvalue weighted by Crippen LogP contribution is -2.31. The average Bonchev–Trinajstić information content (AvgIpc) is 2.96. The molecule has 0 aliphatic rings. The number of hydrogen-bond acceptors (Lipinski definition) is 5. The molecule has 0 bridgehead atoms. The molecule has 0 radical (unpaired) electrons. The highest BCUT2D eigenvalue weighted by Gasteiger charge is 2.22. The van der Waals surface area contributed by atoms with Crippen LogP contribution in [-0.2, 0) is 11.2 Å². The van der Waals surface area contributed by atoms with Crippen molar-refractivity contribution in [2.45, 2.75) is 19.3 Å². The number of nitrogens with zero attached hydrogens (tertiary/aromatic N) is 2. The van der Waals surface area contributed by atoms with Crippen LogP contribution in [0.25, 0.3) is 0 Å². The maximum absolute atomic E-state index is 12.1. The number of aliphatic carboxylic acids is 1. The summed E-state index contributed by atoms with van der Waals surface area (Å²) < 4.78 is 3.75. The van der Waals surface area contributed by atoms with E-state index in [0.717, 1.165) is 11.5 Å². The normalized spacial score (nSPS) is 11.9. The Morgan fingerprint density at radius 1 is 1.33 bits per heavy atom. The van der Waals surface area contributed by atoms with E-state index in [1.54, 1.807) is 24.3 Å². The van der Waals surface area contributed by atoms with Crippen LogP contribution in [0.3, 0.4) is 0 Å². The Bertz CT molecular complexity index is 627. The second kappa shape index (κ2) is 6.94. The molecule has 0 saturated heterocycles. The van der Waals surface area contributed by atoms with E-state index in [4.69, 9.17) is 0 Å². The highest BCUT2D eigenvalue weighted by molar-refractivity contribution is 7.08. The summed E-state index contributed by atoms with van der Waals surface area (Å²) in [5.41, 5.74) is 1.28. The van der Waals surface area contributed by atoms with Gasteiger partial charge in [0.2, 0.25) is 0 Å². The standard InChI is InChI=1S/C14H15N3O3S/c1-2-11-12(21-17-16-11)13(18)15-8-10(14(19)20)9-6-4-3-5-7-9/h3-7,10H,2,8H2,1H3,(H,15,18)(H,19,20).